The molecule has 2 heteroatoms. The molecule has 0 radical (unpaired) electrons. The summed E-state index contributed by atoms with van der Waals surface area (Å²) in [5, 5.41) is 0. The van der Waals surface area contributed by atoms with Crippen LogP contribution in [0.5, 0.6) is 0 Å². The Morgan fingerprint density at radius 3 is 2.88 bits per heavy atom. The fourth-order valence-corrected chi connectivity index (χ4v) is 2.90. The van der Waals surface area contributed by atoms with Crippen LogP contribution in [0.4, 0.5) is 0 Å². The summed E-state index contributed by atoms with van der Waals surface area (Å²) in [6.45, 7) is 7.72. The number of fused-ring (bicyclic) bond motifs is 1. The first-order valence-electron chi connectivity index (χ1n) is 6.58. The highest BCUT2D eigenvalue weighted by molar-refractivity contribution is 5.39. The molecule has 2 N–H and O–H groups in total. The molecule has 0 unspecified atom stereocenters. The number of hydrogen-bond donors (Lipinski definition) is 1. The Morgan fingerprint density at radius 1 is 1.38 bits per heavy atom. The second kappa shape index (κ2) is 5.05. The minimum Gasteiger partial charge on any atom is -0.371 e. The molecule has 1 aliphatic heterocycles. The van der Waals surface area contributed by atoms with Gasteiger partial charge in [-0.15, -0.1) is 0 Å². The zero-order valence-electron chi connectivity index (χ0n) is 10.6. The van der Waals surface area contributed by atoms with Crippen molar-refractivity contribution in [2.75, 3.05) is 19.6 Å². The third kappa shape index (κ3) is 2.32. The van der Waals surface area contributed by atoms with Gasteiger partial charge in [-0.2, -0.15) is 0 Å². The highest BCUT2D eigenvalue weighted by atomic mass is 15.1. The Kier molecular flexibility index (Phi) is 3.70. The van der Waals surface area contributed by atoms with Crippen LogP contribution in [0.1, 0.15) is 39.5 Å². The van der Waals surface area contributed by atoms with E-state index in [0.29, 0.717) is 0 Å². The van der Waals surface area contributed by atoms with Crippen LogP contribution in [0.2, 0.25) is 0 Å². The van der Waals surface area contributed by atoms with E-state index in [0.717, 1.165) is 12.5 Å². The molecule has 0 bridgehead atoms. The van der Waals surface area contributed by atoms with Gasteiger partial charge in [0.05, 0.1) is 0 Å². The van der Waals surface area contributed by atoms with E-state index in [2.05, 4.69) is 24.8 Å². The summed E-state index contributed by atoms with van der Waals surface area (Å²) in [6.07, 6.45) is 7.36. The van der Waals surface area contributed by atoms with Gasteiger partial charge in [-0.25, -0.2) is 0 Å². The van der Waals surface area contributed by atoms with Crippen molar-refractivity contribution in [2.45, 2.75) is 39.5 Å². The van der Waals surface area contributed by atoms with Gasteiger partial charge in [0.25, 0.3) is 0 Å². The minimum absolute atomic E-state index is 0.729. The van der Waals surface area contributed by atoms with E-state index in [9.17, 15) is 0 Å². The Hall–Kier alpha value is -0.760. The van der Waals surface area contributed by atoms with Crippen LogP contribution in [-0.2, 0) is 0 Å². The van der Waals surface area contributed by atoms with E-state index >= 15 is 0 Å². The molecule has 2 aliphatic rings. The highest BCUT2D eigenvalue weighted by Crippen LogP contribution is 2.34. The number of nitrogens with zero attached hydrogens (tertiary/aromatic N) is 1. The summed E-state index contributed by atoms with van der Waals surface area (Å²) >= 11 is 0. The first kappa shape index (κ1) is 11.7. The number of hydrogen-bond acceptors (Lipinski definition) is 2. The molecule has 90 valence electrons. The monoisotopic (exact) mass is 220 g/mol. The molecule has 1 saturated heterocycles. The molecule has 0 spiro atoms. The molecule has 1 fully saturated rings. The molecule has 16 heavy (non-hydrogen) atoms. The van der Waals surface area contributed by atoms with Crippen LogP contribution < -0.4 is 5.73 Å². The van der Waals surface area contributed by atoms with Gasteiger partial charge in [0, 0.05) is 25.3 Å². The molecule has 0 aromatic rings. The number of allylic oxidation sites excluding steroid dienone is 2. The number of likely N-dealkylation sites (tertiary alicyclic amines) is 1. The molecular weight excluding hydrogens is 196 g/mol. The smallest absolute Gasteiger partial charge is 0.0400 e. The topological polar surface area (TPSA) is 29.3 Å². The summed E-state index contributed by atoms with van der Waals surface area (Å²) in [4.78, 5) is 2.57. The quantitative estimate of drug-likeness (QED) is 0.792. The lowest BCUT2D eigenvalue weighted by atomic mass is 9.88. The third-order valence-electron chi connectivity index (χ3n) is 3.50. The van der Waals surface area contributed by atoms with Crippen molar-refractivity contribution in [2.24, 2.45) is 11.7 Å². The SMILES string of the molecule is CC(C)CN1CCCC2=CCCC(CN)=C21. The average Bonchev–Trinajstić information content (AvgIpc) is 2.28. The summed E-state index contributed by atoms with van der Waals surface area (Å²) < 4.78 is 0. The predicted octanol–water partition coefficient (Wildman–Crippen LogP) is 2.67. The fraction of sp³-hybridized carbons (Fsp3) is 0.714. The van der Waals surface area contributed by atoms with Gasteiger partial charge in [0.1, 0.15) is 0 Å². The van der Waals surface area contributed by atoms with Crippen LogP contribution in [0.25, 0.3) is 0 Å². The van der Waals surface area contributed by atoms with Crippen LogP contribution in [-0.4, -0.2) is 24.5 Å². The van der Waals surface area contributed by atoms with Crippen LogP contribution in [0, 0.1) is 5.92 Å². The van der Waals surface area contributed by atoms with E-state index in [4.69, 9.17) is 5.73 Å². The van der Waals surface area contributed by atoms with Gasteiger partial charge in [0.15, 0.2) is 0 Å². The molecule has 0 atom stereocenters. The van der Waals surface area contributed by atoms with E-state index < -0.39 is 0 Å². The van der Waals surface area contributed by atoms with Crippen LogP contribution >= 0.6 is 0 Å². The molecular formula is C14H24N2. The van der Waals surface area contributed by atoms with E-state index in [1.54, 1.807) is 5.57 Å². The van der Waals surface area contributed by atoms with E-state index in [1.807, 2.05) is 0 Å². The van der Waals surface area contributed by atoms with Crippen molar-refractivity contribution in [3.63, 3.8) is 0 Å². The lowest BCUT2D eigenvalue weighted by Crippen LogP contribution is -2.35. The van der Waals surface area contributed by atoms with Gasteiger partial charge in [0.2, 0.25) is 0 Å². The van der Waals surface area contributed by atoms with Crippen molar-refractivity contribution in [1.29, 1.82) is 0 Å². The summed E-state index contributed by atoms with van der Waals surface area (Å²) in [5.74, 6) is 0.729. The maximum Gasteiger partial charge on any atom is 0.0400 e. The Morgan fingerprint density at radius 2 is 2.19 bits per heavy atom. The second-order valence-corrected chi connectivity index (χ2v) is 5.37. The zero-order valence-corrected chi connectivity index (χ0v) is 10.6. The summed E-state index contributed by atoms with van der Waals surface area (Å²) in [7, 11) is 0. The normalized spacial score (nSPS) is 21.2. The minimum atomic E-state index is 0.729. The van der Waals surface area contributed by atoms with Gasteiger partial charge >= 0.3 is 0 Å². The summed E-state index contributed by atoms with van der Waals surface area (Å²) in [6, 6.07) is 0. The Balaban J connectivity index is 2.25. The first-order chi connectivity index (χ1) is 7.72. The molecule has 1 aliphatic carbocycles. The van der Waals surface area contributed by atoms with Crippen LogP contribution in [0.3, 0.4) is 0 Å². The number of nitrogens with two attached hydrogens (primary N) is 1. The van der Waals surface area contributed by atoms with Crippen molar-refractivity contribution >= 4 is 0 Å². The maximum atomic E-state index is 5.89. The largest absolute Gasteiger partial charge is 0.371 e. The average molecular weight is 220 g/mol. The molecule has 0 aromatic heterocycles. The van der Waals surface area contributed by atoms with Gasteiger partial charge in [-0.1, -0.05) is 19.9 Å². The second-order valence-electron chi connectivity index (χ2n) is 5.37. The summed E-state index contributed by atoms with van der Waals surface area (Å²) in [5.41, 5.74) is 10.5. The number of piperidine rings is 1. The van der Waals surface area contributed by atoms with Crippen LogP contribution in [0.15, 0.2) is 22.9 Å². The number of rotatable bonds is 3. The van der Waals surface area contributed by atoms with E-state index in [1.165, 1.54) is 50.0 Å². The molecule has 2 nitrogen and oxygen atoms in total. The lowest BCUT2D eigenvalue weighted by Gasteiger charge is -2.38. The first-order valence-corrected chi connectivity index (χ1v) is 6.58. The third-order valence-corrected chi connectivity index (χ3v) is 3.50. The standard InChI is InChI=1S/C14H24N2/c1-11(2)10-16-8-4-7-12-5-3-6-13(9-15)14(12)16/h5,11H,3-4,6-10,15H2,1-2H3. The zero-order chi connectivity index (χ0) is 11.5. The Bertz CT molecular complexity index is 313. The van der Waals surface area contributed by atoms with Crippen molar-refractivity contribution < 1.29 is 0 Å². The molecule has 1 heterocycles. The molecule has 0 saturated carbocycles. The Labute approximate surface area is 99.2 Å². The maximum absolute atomic E-state index is 5.89. The predicted molar refractivity (Wildman–Crippen MR) is 69.0 cm³/mol. The van der Waals surface area contributed by atoms with Crippen molar-refractivity contribution in [3.8, 4) is 0 Å². The van der Waals surface area contributed by atoms with Gasteiger partial charge in [-0.05, 0) is 42.7 Å². The van der Waals surface area contributed by atoms with E-state index in [-0.39, 0.29) is 0 Å². The fourth-order valence-electron chi connectivity index (χ4n) is 2.90. The van der Waals surface area contributed by atoms with Crippen molar-refractivity contribution in [1.82, 2.24) is 4.90 Å². The van der Waals surface area contributed by atoms with Crippen molar-refractivity contribution in [3.05, 3.63) is 22.9 Å². The lowest BCUT2D eigenvalue weighted by molar-refractivity contribution is 0.280. The van der Waals surface area contributed by atoms with Gasteiger partial charge in [-0.3, -0.25) is 0 Å². The molecule has 2 rings (SSSR count). The molecule has 0 amide bonds. The molecule has 0 aromatic carbocycles. The van der Waals surface area contributed by atoms with Gasteiger partial charge < -0.3 is 10.6 Å². The highest BCUT2D eigenvalue weighted by Gasteiger charge is 2.24.